The molecule has 138 valence electrons. The lowest BCUT2D eigenvalue weighted by Gasteiger charge is -2.37. The first kappa shape index (κ1) is 18.0. The Morgan fingerprint density at radius 1 is 1.28 bits per heavy atom. The van der Waals surface area contributed by atoms with Gasteiger partial charge in [-0.15, -0.1) is 0 Å². The van der Waals surface area contributed by atoms with Crippen LogP contribution in [0.3, 0.4) is 0 Å². The summed E-state index contributed by atoms with van der Waals surface area (Å²) in [5.74, 6) is 2.10. The van der Waals surface area contributed by atoms with Gasteiger partial charge >= 0.3 is 0 Å². The summed E-state index contributed by atoms with van der Waals surface area (Å²) in [6, 6.07) is 7.54. The molecule has 1 saturated carbocycles. The number of nitrogens with zero attached hydrogens (tertiary/aromatic N) is 5. The quantitative estimate of drug-likeness (QED) is 0.628. The third-order valence-corrected chi connectivity index (χ3v) is 5.10. The van der Waals surface area contributed by atoms with Crippen molar-refractivity contribution >= 4 is 11.8 Å². The zero-order valence-corrected chi connectivity index (χ0v) is 15.9. The fraction of sp³-hybridized carbons (Fsp3) is 0.684. The zero-order chi connectivity index (χ0) is 17.6. The number of rotatable bonds is 6. The van der Waals surface area contributed by atoms with E-state index in [1.807, 2.05) is 19.3 Å². The lowest BCUT2D eigenvalue weighted by Crippen LogP contribution is -2.53. The molecule has 2 heterocycles. The second-order valence-electron chi connectivity index (χ2n) is 7.20. The summed E-state index contributed by atoms with van der Waals surface area (Å²) in [5, 5.41) is 3.56. The molecular formula is C19H32N6. The summed E-state index contributed by atoms with van der Waals surface area (Å²) < 4.78 is 0. The van der Waals surface area contributed by atoms with Crippen LogP contribution in [0.15, 0.2) is 29.4 Å². The molecule has 0 unspecified atom stereocenters. The van der Waals surface area contributed by atoms with Crippen LogP contribution < -0.4 is 10.2 Å². The van der Waals surface area contributed by atoms with Crippen molar-refractivity contribution in [1.29, 1.82) is 0 Å². The van der Waals surface area contributed by atoms with Crippen molar-refractivity contribution in [3.63, 3.8) is 0 Å². The third-order valence-electron chi connectivity index (χ3n) is 5.10. The Morgan fingerprint density at radius 3 is 2.60 bits per heavy atom. The van der Waals surface area contributed by atoms with Crippen LogP contribution in [0.5, 0.6) is 0 Å². The largest absolute Gasteiger partial charge is 0.355 e. The second kappa shape index (κ2) is 8.52. The van der Waals surface area contributed by atoms with Crippen LogP contribution in [0, 0.1) is 0 Å². The summed E-state index contributed by atoms with van der Waals surface area (Å²) in [5.41, 5.74) is 0. The molecule has 0 spiro atoms. The molecule has 0 amide bonds. The predicted molar refractivity (Wildman–Crippen MR) is 104 cm³/mol. The van der Waals surface area contributed by atoms with Crippen LogP contribution in [0.2, 0.25) is 0 Å². The number of hydrogen-bond donors (Lipinski definition) is 1. The van der Waals surface area contributed by atoms with E-state index in [1.165, 1.54) is 12.8 Å². The first-order chi connectivity index (χ1) is 12.2. The van der Waals surface area contributed by atoms with Gasteiger partial charge in [0.1, 0.15) is 5.82 Å². The van der Waals surface area contributed by atoms with Crippen LogP contribution in [-0.4, -0.2) is 79.1 Å². The predicted octanol–water partition coefficient (Wildman–Crippen LogP) is 1.65. The molecule has 0 atom stereocenters. The van der Waals surface area contributed by atoms with Crippen LogP contribution in [0.25, 0.3) is 0 Å². The van der Waals surface area contributed by atoms with E-state index in [2.05, 4.69) is 56.0 Å². The van der Waals surface area contributed by atoms with Crippen molar-refractivity contribution in [2.75, 3.05) is 51.2 Å². The maximum Gasteiger partial charge on any atom is 0.193 e. The number of piperazine rings is 1. The van der Waals surface area contributed by atoms with Crippen molar-refractivity contribution in [3.8, 4) is 0 Å². The summed E-state index contributed by atoms with van der Waals surface area (Å²) in [4.78, 5) is 16.3. The standard InChI is InChI=1S/C19H32N6/c1-16(2)25(17-7-8-17)11-10-22-19(20-3)24-14-12-23(13-15-24)18-6-4-5-9-21-18/h4-6,9,16-17H,7-8,10-15H2,1-3H3,(H,20,22). The van der Waals surface area contributed by atoms with E-state index in [1.54, 1.807) is 0 Å². The van der Waals surface area contributed by atoms with Crippen LogP contribution in [-0.2, 0) is 0 Å². The molecule has 1 N–H and O–H groups in total. The van der Waals surface area contributed by atoms with E-state index in [0.29, 0.717) is 6.04 Å². The van der Waals surface area contributed by atoms with Gasteiger partial charge in [0, 0.05) is 64.6 Å². The van der Waals surface area contributed by atoms with Gasteiger partial charge in [0.25, 0.3) is 0 Å². The Hall–Kier alpha value is -1.82. The molecule has 6 nitrogen and oxygen atoms in total. The molecule has 1 aliphatic heterocycles. The van der Waals surface area contributed by atoms with Crippen LogP contribution in [0.1, 0.15) is 26.7 Å². The van der Waals surface area contributed by atoms with Gasteiger partial charge in [-0.1, -0.05) is 6.07 Å². The van der Waals surface area contributed by atoms with E-state index < -0.39 is 0 Å². The lowest BCUT2D eigenvalue weighted by molar-refractivity contribution is 0.214. The van der Waals surface area contributed by atoms with E-state index in [-0.39, 0.29) is 0 Å². The second-order valence-corrected chi connectivity index (χ2v) is 7.20. The van der Waals surface area contributed by atoms with Crippen LogP contribution in [0.4, 0.5) is 5.82 Å². The maximum atomic E-state index is 4.49. The number of hydrogen-bond acceptors (Lipinski definition) is 4. The Labute approximate surface area is 151 Å². The fourth-order valence-electron chi connectivity index (χ4n) is 3.59. The average molecular weight is 345 g/mol. The molecule has 25 heavy (non-hydrogen) atoms. The molecule has 0 aromatic carbocycles. The van der Waals surface area contributed by atoms with E-state index in [0.717, 1.165) is 57.1 Å². The molecule has 6 heteroatoms. The van der Waals surface area contributed by atoms with Gasteiger partial charge < -0.3 is 15.1 Å². The van der Waals surface area contributed by atoms with E-state index in [4.69, 9.17) is 0 Å². The maximum absolute atomic E-state index is 4.49. The number of aliphatic imine (C=N–C) groups is 1. The molecule has 1 aromatic rings. The highest BCUT2D eigenvalue weighted by atomic mass is 15.4. The summed E-state index contributed by atoms with van der Waals surface area (Å²) in [6.45, 7) is 10.6. The van der Waals surface area contributed by atoms with Crippen molar-refractivity contribution in [2.24, 2.45) is 4.99 Å². The number of pyridine rings is 1. The normalized spacial score (nSPS) is 19.0. The minimum atomic E-state index is 0.623. The fourth-order valence-corrected chi connectivity index (χ4v) is 3.59. The van der Waals surface area contributed by atoms with Crippen LogP contribution >= 0.6 is 0 Å². The molecule has 1 saturated heterocycles. The monoisotopic (exact) mass is 344 g/mol. The third kappa shape index (κ3) is 4.84. The number of nitrogens with one attached hydrogen (secondary N) is 1. The summed E-state index contributed by atoms with van der Waals surface area (Å²) in [6.07, 6.45) is 4.59. The summed E-state index contributed by atoms with van der Waals surface area (Å²) in [7, 11) is 1.88. The highest BCUT2D eigenvalue weighted by Gasteiger charge is 2.30. The van der Waals surface area contributed by atoms with Gasteiger partial charge in [0.05, 0.1) is 0 Å². The molecular weight excluding hydrogens is 312 g/mol. The Morgan fingerprint density at radius 2 is 2.04 bits per heavy atom. The molecule has 2 aliphatic rings. The minimum Gasteiger partial charge on any atom is -0.355 e. The lowest BCUT2D eigenvalue weighted by atomic mass is 10.3. The highest BCUT2D eigenvalue weighted by Crippen LogP contribution is 2.27. The number of guanidine groups is 1. The topological polar surface area (TPSA) is 47.0 Å². The molecule has 0 radical (unpaired) electrons. The first-order valence-electron chi connectivity index (χ1n) is 9.56. The van der Waals surface area contributed by atoms with E-state index >= 15 is 0 Å². The molecule has 1 aliphatic carbocycles. The van der Waals surface area contributed by atoms with Gasteiger partial charge in [0.15, 0.2) is 5.96 Å². The van der Waals surface area contributed by atoms with E-state index in [9.17, 15) is 0 Å². The van der Waals surface area contributed by atoms with Gasteiger partial charge in [-0.3, -0.25) is 9.89 Å². The van der Waals surface area contributed by atoms with Gasteiger partial charge in [-0.2, -0.15) is 0 Å². The van der Waals surface area contributed by atoms with Crippen molar-refractivity contribution < 1.29 is 0 Å². The van der Waals surface area contributed by atoms with Gasteiger partial charge in [-0.25, -0.2) is 4.98 Å². The van der Waals surface area contributed by atoms with Crippen molar-refractivity contribution in [1.82, 2.24) is 20.1 Å². The smallest absolute Gasteiger partial charge is 0.193 e. The van der Waals surface area contributed by atoms with Crippen molar-refractivity contribution in [3.05, 3.63) is 24.4 Å². The number of aromatic nitrogens is 1. The van der Waals surface area contributed by atoms with Crippen molar-refractivity contribution in [2.45, 2.75) is 38.8 Å². The minimum absolute atomic E-state index is 0.623. The zero-order valence-electron chi connectivity index (χ0n) is 15.9. The Kier molecular flexibility index (Phi) is 6.13. The average Bonchev–Trinajstić information content (AvgIpc) is 3.47. The summed E-state index contributed by atoms with van der Waals surface area (Å²) >= 11 is 0. The van der Waals surface area contributed by atoms with Gasteiger partial charge in [-0.05, 0) is 38.8 Å². The highest BCUT2D eigenvalue weighted by molar-refractivity contribution is 5.80. The molecule has 2 fully saturated rings. The molecule has 3 rings (SSSR count). The SMILES string of the molecule is CN=C(NCCN(C(C)C)C1CC1)N1CCN(c2ccccn2)CC1. The first-order valence-corrected chi connectivity index (χ1v) is 9.56. The molecule has 0 bridgehead atoms. The Bertz CT molecular complexity index is 544. The molecule has 1 aromatic heterocycles. The van der Waals surface area contributed by atoms with Gasteiger partial charge in [0.2, 0.25) is 0 Å². The number of anilines is 1. The Balaban J connectivity index is 1.44.